The highest BCUT2D eigenvalue weighted by Crippen LogP contribution is 2.39. The van der Waals surface area contributed by atoms with Gasteiger partial charge in [0.15, 0.2) is 11.5 Å². The summed E-state index contributed by atoms with van der Waals surface area (Å²) in [5.74, 6) is -0.544. The first-order chi connectivity index (χ1) is 11.8. The van der Waals surface area contributed by atoms with Crippen molar-refractivity contribution in [1.29, 1.82) is 0 Å². The summed E-state index contributed by atoms with van der Waals surface area (Å²) < 4.78 is 5.28. The van der Waals surface area contributed by atoms with Gasteiger partial charge >= 0.3 is 0 Å². The SMILES string of the molecule is CCOc1cc(Cl)c(Cl)c(C=NNC(=O)c2ccc(C)cc2Cl)c1O. The van der Waals surface area contributed by atoms with E-state index in [1.54, 1.807) is 25.1 Å². The van der Waals surface area contributed by atoms with Crippen LogP contribution in [0.2, 0.25) is 15.1 Å². The highest BCUT2D eigenvalue weighted by Gasteiger charge is 2.16. The molecule has 8 heteroatoms. The number of aromatic hydroxyl groups is 1. The van der Waals surface area contributed by atoms with Gasteiger partial charge in [-0.1, -0.05) is 40.9 Å². The zero-order valence-electron chi connectivity index (χ0n) is 13.4. The van der Waals surface area contributed by atoms with Crippen LogP contribution in [-0.2, 0) is 0 Å². The number of nitrogens with zero attached hydrogens (tertiary/aromatic N) is 1. The summed E-state index contributed by atoms with van der Waals surface area (Å²) >= 11 is 18.1. The van der Waals surface area contributed by atoms with Gasteiger partial charge in [0, 0.05) is 6.07 Å². The molecular formula is C17H15Cl3N2O3. The summed E-state index contributed by atoms with van der Waals surface area (Å²) in [4.78, 5) is 12.1. The van der Waals surface area contributed by atoms with E-state index in [1.165, 1.54) is 12.3 Å². The Kier molecular flexibility index (Phi) is 6.53. The first-order valence-electron chi connectivity index (χ1n) is 7.28. The van der Waals surface area contributed by atoms with Crippen molar-refractivity contribution in [3.05, 3.63) is 56.0 Å². The fourth-order valence-corrected chi connectivity index (χ4v) is 2.73. The van der Waals surface area contributed by atoms with Crippen LogP contribution in [0.1, 0.15) is 28.4 Å². The first-order valence-corrected chi connectivity index (χ1v) is 8.41. The molecule has 0 spiro atoms. The minimum absolute atomic E-state index is 0.0917. The summed E-state index contributed by atoms with van der Waals surface area (Å²) in [6, 6.07) is 6.44. The Morgan fingerprint density at radius 1 is 1.28 bits per heavy atom. The predicted octanol–water partition coefficient (Wildman–Crippen LogP) is 4.82. The highest BCUT2D eigenvalue weighted by atomic mass is 35.5. The fraction of sp³-hybridized carbons (Fsp3) is 0.176. The van der Waals surface area contributed by atoms with Crippen molar-refractivity contribution in [3.63, 3.8) is 0 Å². The van der Waals surface area contributed by atoms with Gasteiger partial charge in [-0.25, -0.2) is 5.43 Å². The third-order valence-electron chi connectivity index (χ3n) is 3.22. The summed E-state index contributed by atoms with van der Waals surface area (Å²) in [5, 5.41) is 14.6. The number of phenolic OH excluding ortho intramolecular Hbond substituents is 1. The molecule has 0 aliphatic rings. The van der Waals surface area contributed by atoms with Gasteiger partial charge < -0.3 is 9.84 Å². The number of hydrogen-bond acceptors (Lipinski definition) is 4. The van der Waals surface area contributed by atoms with Crippen molar-refractivity contribution in [1.82, 2.24) is 5.43 Å². The number of carbonyl (C=O) groups is 1. The van der Waals surface area contributed by atoms with Crippen LogP contribution in [0.3, 0.4) is 0 Å². The minimum Gasteiger partial charge on any atom is -0.504 e. The molecule has 2 aromatic carbocycles. The summed E-state index contributed by atoms with van der Waals surface area (Å²) in [5.41, 5.74) is 3.67. The molecule has 0 atom stereocenters. The molecule has 0 heterocycles. The van der Waals surface area contributed by atoms with E-state index in [-0.39, 0.29) is 32.7 Å². The van der Waals surface area contributed by atoms with E-state index in [4.69, 9.17) is 39.5 Å². The van der Waals surface area contributed by atoms with Crippen LogP contribution in [0.4, 0.5) is 0 Å². The largest absolute Gasteiger partial charge is 0.504 e. The van der Waals surface area contributed by atoms with Crippen LogP contribution in [0.15, 0.2) is 29.4 Å². The molecule has 2 rings (SSSR count). The fourth-order valence-electron chi connectivity index (χ4n) is 2.02. The van der Waals surface area contributed by atoms with Gasteiger partial charge in [0.1, 0.15) is 0 Å². The molecule has 0 bridgehead atoms. The lowest BCUT2D eigenvalue weighted by molar-refractivity contribution is 0.0955. The van der Waals surface area contributed by atoms with Crippen molar-refractivity contribution >= 4 is 46.9 Å². The predicted molar refractivity (Wildman–Crippen MR) is 101 cm³/mol. The Morgan fingerprint density at radius 2 is 2.00 bits per heavy atom. The average Bonchev–Trinajstić information content (AvgIpc) is 2.55. The number of phenols is 1. The van der Waals surface area contributed by atoms with Gasteiger partial charge in [-0.05, 0) is 31.5 Å². The third-order valence-corrected chi connectivity index (χ3v) is 4.34. The molecule has 25 heavy (non-hydrogen) atoms. The maximum atomic E-state index is 12.1. The van der Waals surface area contributed by atoms with E-state index in [0.29, 0.717) is 11.6 Å². The number of benzene rings is 2. The van der Waals surface area contributed by atoms with Gasteiger partial charge in [0.25, 0.3) is 5.91 Å². The molecule has 1 amide bonds. The van der Waals surface area contributed by atoms with Gasteiger partial charge in [0.05, 0.1) is 39.0 Å². The quantitative estimate of drug-likeness (QED) is 0.557. The van der Waals surface area contributed by atoms with E-state index < -0.39 is 5.91 Å². The monoisotopic (exact) mass is 400 g/mol. The smallest absolute Gasteiger partial charge is 0.272 e. The molecule has 5 nitrogen and oxygen atoms in total. The number of carbonyl (C=O) groups excluding carboxylic acids is 1. The molecule has 0 aliphatic carbocycles. The summed E-state index contributed by atoms with van der Waals surface area (Å²) in [7, 11) is 0. The molecule has 0 saturated carbocycles. The van der Waals surface area contributed by atoms with Crippen LogP contribution in [0, 0.1) is 6.92 Å². The molecule has 132 valence electrons. The molecular weight excluding hydrogens is 387 g/mol. The molecule has 0 aromatic heterocycles. The standard InChI is InChI=1S/C17H15Cl3N2O3/c1-3-25-14-7-13(19)15(20)11(16(14)23)8-21-22-17(24)10-5-4-9(2)6-12(10)18/h4-8,23H,3H2,1-2H3,(H,22,24). The van der Waals surface area contributed by atoms with Crippen molar-refractivity contribution in [2.24, 2.45) is 5.10 Å². The first kappa shape index (κ1) is 19.4. The number of rotatable bonds is 5. The Labute approximate surface area is 160 Å². The normalized spacial score (nSPS) is 10.9. The lowest BCUT2D eigenvalue weighted by atomic mass is 10.1. The summed E-state index contributed by atoms with van der Waals surface area (Å²) in [6.45, 7) is 3.97. The topological polar surface area (TPSA) is 70.9 Å². The number of nitrogens with one attached hydrogen (secondary N) is 1. The van der Waals surface area contributed by atoms with Crippen LogP contribution >= 0.6 is 34.8 Å². The zero-order chi connectivity index (χ0) is 18.6. The Hall–Kier alpha value is -1.95. The van der Waals surface area contributed by atoms with Crippen molar-refractivity contribution in [2.75, 3.05) is 6.61 Å². The van der Waals surface area contributed by atoms with Gasteiger partial charge in [0.2, 0.25) is 0 Å². The molecule has 0 fully saturated rings. The van der Waals surface area contributed by atoms with Gasteiger partial charge in [-0.15, -0.1) is 0 Å². The van der Waals surface area contributed by atoms with E-state index >= 15 is 0 Å². The second-order valence-corrected chi connectivity index (χ2v) is 6.24. The van der Waals surface area contributed by atoms with Crippen LogP contribution in [0.25, 0.3) is 0 Å². The number of halogens is 3. The van der Waals surface area contributed by atoms with E-state index in [0.717, 1.165) is 5.56 Å². The second-order valence-electron chi connectivity index (χ2n) is 5.05. The molecule has 0 radical (unpaired) electrons. The Bertz CT molecular complexity index is 838. The van der Waals surface area contributed by atoms with Crippen LogP contribution in [0.5, 0.6) is 11.5 Å². The van der Waals surface area contributed by atoms with E-state index in [1.807, 2.05) is 6.92 Å². The molecule has 0 saturated heterocycles. The van der Waals surface area contributed by atoms with Crippen molar-refractivity contribution < 1.29 is 14.6 Å². The van der Waals surface area contributed by atoms with Gasteiger partial charge in [-0.3, -0.25) is 4.79 Å². The second kappa shape index (κ2) is 8.43. The minimum atomic E-state index is -0.496. The maximum absolute atomic E-state index is 12.1. The van der Waals surface area contributed by atoms with E-state index in [2.05, 4.69) is 10.5 Å². The third kappa shape index (κ3) is 4.57. The number of hydrazone groups is 1. The number of ether oxygens (including phenoxy) is 1. The Morgan fingerprint density at radius 3 is 2.64 bits per heavy atom. The number of hydrogen-bond donors (Lipinski definition) is 2. The van der Waals surface area contributed by atoms with Crippen molar-refractivity contribution in [3.8, 4) is 11.5 Å². The highest BCUT2D eigenvalue weighted by molar-refractivity contribution is 6.44. The van der Waals surface area contributed by atoms with Gasteiger partial charge in [-0.2, -0.15) is 5.10 Å². The lowest BCUT2D eigenvalue weighted by Gasteiger charge is -2.10. The molecule has 2 N–H and O–H groups in total. The summed E-state index contributed by atoms with van der Waals surface area (Å²) in [6.07, 6.45) is 1.19. The van der Waals surface area contributed by atoms with Crippen LogP contribution in [-0.4, -0.2) is 23.8 Å². The van der Waals surface area contributed by atoms with E-state index in [9.17, 15) is 9.90 Å². The Balaban J connectivity index is 2.23. The maximum Gasteiger partial charge on any atom is 0.272 e. The molecule has 2 aromatic rings. The lowest BCUT2D eigenvalue weighted by Crippen LogP contribution is -2.18. The average molecular weight is 402 g/mol. The number of aryl methyl sites for hydroxylation is 1. The van der Waals surface area contributed by atoms with Crippen LogP contribution < -0.4 is 10.2 Å². The zero-order valence-corrected chi connectivity index (χ0v) is 15.7. The number of amides is 1. The molecule has 0 unspecified atom stereocenters. The van der Waals surface area contributed by atoms with Crippen molar-refractivity contribution in [2.45, 2.75) is 13.8 Å². The molecule has 0 aliphatic heterocycles.